The average Bonchev–Trinajstić information content (AvgIpc) is 3.18. The Morgan fingerprint density at radius 3 is 2.44 bits per heavy atom. The van der Waals surface area contributed by atoms with Crippen LogP contribution in [0.3, 0.4) is 0 Å². The monoisotopic (exact) mass is 490 g/mol. The molecule has 10 heteroatoms. The molecule has 0 saturated carbocycles. The largest absolute Gasteiger partial charge is 0.481 e. The average molecular weight is 491 g/mol. The fourth-order valence-electron chi connectivity index (χ4n) is 3.49. The lowest BCUT2D eigenvalue weighted by molar-refractivity contribution is -0.139. The van der Waals surface area contributed by atoms with Crippen LogP contribution in [0.25, 0.3) is 11.1 Å². The molecule has 7 nitrogen and oxygen atoms in total. The first-order valence-electron chi connectivity index (χ1n) is 9.39. The van der Waals surface area contributed by atoms with E-state index in [2.05, 4.69) is 0 Å². The van der Waals surface area contributed by atoms with Crippen molar-refractivity contribution in [2.45, 2.75) is 27.8 Å². The van der Waals surface area contributed by atoms with Gasteiger partial charge in [-0.2, -0.15) is 0 Å². The highest BCUT2D eigenvalue weighted by atomic mass is 32.2. The number of aliphatic carboxylic acids is 1. The molecule has 4 N–H and O–H groups in total. The number of carbonyl (C=O) groups is 1. The van der Waals surface area contributed by atoms with E-state index in [9.17, 15) is 13.2 Å². The zero-order valence-corrected chi connectivity index (χ0v) is 20.1. The molecule has 32 heavy (non-hydrogen) atoms. The van der Waals surface area contributed by atoms with Gasteiger partial charge in [0.2, 0.25) is 9.84 Å². The molecular formula is C22H22N2O5S3. The summed E-state index contributed by atoms with van der Waals surface area (Å²) in [4.78, 5) is 11.4. The van der Waals surface area contributed by atoms with Crippen molar-refractivity contribution in [3.05, 3.63) is 58.5 Å². The molecule has 1 heterocycles. The number of nitrogens with one attached hydrogen (secondary N) is 1. The number of sulfone groups is 1. The van der Waals surface area contributed by atoms with E-state index in [0.717, 1.165) is 28.0 Å². The maximum Gasteiger partial charge on any atom is 0.341 e. The van der Waals surface area contributed by atoms with Crippen LogP contribution in [0.15, 0.2) is 56.5 Å². The van der Waals surface area contributed by atoms with Gasteiger partial charge < -0.3 is 15.6 Å². The van der Waals surface area contributed by atoms with Gasteiger partial charge in [0.25, 0.3) is 0 Å². The van der Waals surface area contributed by atoms with E-state index >= 15 is 0 Å². The van der Waals surface area contributed by atoms with Crippen LogP contribution in [0.2, 0.25) is 0 Å². The number of aryl methyl sites for hydroxylation is 1. The van der Waals surface area contributed by atoms with Crippen LogP contribution in [-0.4, -0.2) is 38.2 Å². The number of hydrogen-bond donors (Lipinski definition) is 3. The number of hydrogen-bond acceptors (Lipinski definition) is 7. The van der Waals surface area contributed by atoms with Crippen molar-refractivity contribution < 1.29 is 23.1 Å². The van der Waals surface area contributed by atoms with Gasteiger partial charge in [0, 0.05) is 0 Å². The van der Waals surface area contributed by atoms with Gasteiger partial charge in [0.15, 0.2) is 6.61 Å². The lowest BCUT2D eigenvalue weighted by atomic mass is 9.95. The van der Waals surface area contributed by atoms with Gasteiger partial charge in [0.1, 0.15) is 16.5 Å². The Morgan fingerprint density at radius 1 is 1.22 bits per heavy atom. The Kier molecular flexibility index (Phi) is 6.97. The van der Waals surface area contributed by atoms with Crippen molar-refractivity contribution >= 4 is 44.7 Å². The normalized spacial score (nSPS) is 11.3. The first kappa shape index (κ1) is 23.8. The minimum atomic E-state index is -4.13. The van der Waals surface area contributed by atoms with Crippen molar-refractivity contribution in [1.82, 2.24) is 0 Å². The van der Waals surface area contributed by atoms with E-state index in [-0.39, 0.29) is 21.4 Å². The number of carboxylic acids is 1. The molecule has 0 unspecified atom stereocenters. The summed E-state index contributed by atoms with van der Waals surface area (Å²) in [6, 6.07) is 12.3. The zero-order chi connectivity index (χ0) is 23.6. The van der Waals surface area contributed by atoms with E-state index in [1.165, 1.54) is 17.8 Å². The summed E-state index contributed by atoms with van der Waals surface area (Å²) in [7, 11) is -4.13. The number of ether oxygens (including phenoxy) is 1. The second-order valence-corrected chi connectivity index (χ2v) is 10.9. The second-order valence-electron chi connectivity index (χ2n) is 6.95. The molecule has 3 rings (SSSR count). The highest BCUT2D eigenvalue weighted by molar-refractivity contribution is 8.01. The molecule has 0 atom stereocenters. The van der Waals surface area contributed by atoms with Crippen LogP contribution in [0.1, 0.15) is 16.0 Å². The van der Waals surface area contributed by atoms with Crippen LogP contribution in [0, 0.1) is 19.3 Å². The number of amidine groups is 1. The molecule has 3 aromatic rings. The maximum absolute atomic E-state index is 13.9. The molecule has 0 aliphatic rings. The number of rotatable bonds is 8. The summed E-state index contributed by atoms with van der Waals surface area (Å²) in [6.07, 6.45) is 1.74. The third kappa shape index (κ3) is 4.52. The molecule has 2 aromatic carbocycles. The van der Waals surface area contributed by atoms with E-state index in [1.54, 1.807) is 19.2 Å². The molecular weight excluding hydrogens is 468 g/mol. The van der Waals surface area contributed by atoms with Gasteiger partial charge in [0.05, 0.1) is 14.0 Å². The van der Waals surface area contributed by atoms with E-state index in [1.807, 2.05) is 37.3 Å². The summed E-state index contributed by atoms with van der Waals surface area (Å²) in [6.45, 7) is 2.84. The van der Waals surface area contributed by atoms with Crippen molar-refractivity contribution in [3.63, 3.8) is 0 Å². The molecule has 0 amide bonds. The second kappa shape index (κ2) is 9.35. The van der Waals surface area contributed by atoms with Crippen LogP contribution < -0.4 is 10.5 Å². The van der Waals surface area contributed by atoms with Gasteiger partial charge in [-0.05, 0) is 54.5 Å². The van der Waals surface area contributed by atoms with E-state index in [4.69, 9.17) is 21.0 Å². The molecule has 0 aliphatic heterocycles. The number of nitrogen functional groups attached to an aromatic ring is 1. The van der Waals surface area contributed by atoms with Crippen LogP contribution in [0.4, 0.5) is 0 Å². The highest BCUT2D eigenvalue weighted by Crippen LogP contribution is 2.44. The SMILES string of the molecule is CSc1sc(C(=N)N)cc1S(=O)(=O)c1c(OCC(=O)O)cc(C)c(-c2ccccc2)c1C. The van der Waals surface area contributed by atoms with Crippen LogP contribution >= 0.6 is 23.1 Å². The lowest BCUT2D eigenvalue weighted by Crippen LogP contribution is -2.14. The van der Waals surface area contributed by atoms with Crippen molar-refractivity contribution in [3.8, 4) is 16.9 Å². The number of thioether (sulfide) groups is 1. The quantitative estimate of drug-likeness (QED) is 0.243. The molecule has 0 aliphatic carbocycles. The van der Waals surface area contributed by atoms with Gasteiger partial charge in [-0.25, -0.2) is 13.2 Å². The van der Waals surface area contributed by atoms with E-state index in [0.29, 0.717) is 14.6 Å². The Hall–Kier alpha value is -2.82. The van der Waals surface area contributed by atoms with Gasteiger partial charge in [-0.15, -0.1) is 23.1 Å². The van der Waals surface area contributed by atoms with E-state index < -0.39 is 22.4 Å². The zero-order valence-electron chi connectivity index (χ0n) is 17.6. The standard InChI is InChI=1S/C22H22N2O5S3/c1-12-9-15(29-11-18(25)26)20(13(2)19(12)14-7-5-4-6-8-14)32(27,28)17-10-16(21(23)24)31-22(17)30-3/h4-10H,11H2,1-3H3,(H3,23,24)(H,25,26). The number of nitrogens with two attached hydrogens (primary N) is 1. The molecule has 0 radical (unpaired) electrons. The number of benzene rings is 2. The fourth-order valence-corrected chi connectivity index (χ4v) is 7.70. The predicted molar refractivity (Wildman–Crippen MR) is 127 cm³/mol. The van der Waals surface area contributed by atoms with Crippen molar-refractivity contribution in [1.29, 1.82) is 5.41 Å². The topological polar surface area (TPSA) is 131 Å². The molecule has 1 aromatic heterocycles. The van der Waals surface area contributed by atoms with Gasteiger partial charge >= 0.3 is 5.97 Å². The lowest BCUT2D eigenvalue weighted by Gasteiger charge is -2.19. The molecule has 0 spiro atoms. The molecule has 0 saturated heterocycles. The maximum atomic E-state index is 13.9. The number of thiophene rings is 1. The Bertz CT molecular complexity index is 1300. The van der Waals surface area contributed by atoms with Crippen LogP contribution in [-0.2, 0) is 14.6 Å². The third-order valence-corrected chi connectivity index (χ3v) is 9.28. The van der Waals surface area contributed by atoms with Gasteiger partial charge in [-0.1, -0.05) is 30.3 Å². The summed E-state index contributed by atoms with van der Waals surface area (Å²) in [5, 5.41) is 16.8. The highest BCUT2D eigenvalue weighted by Gasteiger charge is 2.32. The Labute approximate surface area is 194 Å². The summed E-state index contributed by atoms with van der Waals surface area (Å²) >= 11 is 2.36. The number of carboxylic acid groups (broad SMARTS) is 1. The first-order valence-corrected chi connectivity index (χ1v) is 12.9. The summed E-state index contributed by atoms with van der Waals surface area (Å²) < 4.78 is 33.7. The minimum absolute atomic E-state index is 0.0198. The molecule has 0 fully saturated rings. The summed E-state index contributed by atoms with van der Waals surface area (Å²) in [5.74, 6) is -1.46. The first-order chi connectivity index (χ1) is 15.1. The predicted octanol–water partition coefficient (Wildman–Crippen LogP) is 4.33. The van der Waals surface area contributed by atoms with Gasteiger partial charge in [-0.3, -0.25) is 5.41 Å². The van der Waals surface area contributed by atoms with Crippen molar-refractivity contribution in [2.75, 3.05) is 12.9 Å². The minimum Gasteiger partial charge on any atom is -0.481 e. The third-order valence-electron chi connectivity index (χ3n) is 4.77. The molecule has 168 valence electrons. The Morgan fingerprint density at radius 2 is 1.88 bits per heavy atom. The summed E-state index contributed by atoms with van der Waals surface area (Å²) in [5.41, 5.74) is 8.38. The van der Waals surface area contributed by atoms with Crippen molar-refractivity contribution in [2.24, 2.45) is 5.73 Å². The van der Waals surface area contributed by atoms with Crippen LogP contribution in [0.5, 0.6) is 5.75 Å². The Balaban J connectivity index is 2.34. The fraction of sp³-hybridized carbons (Fsp3) is 0.182. The molecule has 0 bridgehead atoms. The smallest absolute Gasteiger partial charge is 0.341 e.